The normalized spacial score (nSPS) is 10.8. The Morgan fingerprint density at radius 2 is 1.77 bits per heavy atom. The van der Waals surface area contributed by atoms with Crippen LogP contribution in [0.1, 0.15) is 12.5 Å². The molecule has 0 aliphatic carbocycles. The highest BCUT2D eigenvalue weighted by Gasteiger charge is 2.09. The van der Waals surface area contributed by atoms with Crippen LogP contribution in [0.3, 0.4) is 0 Å². The number of benzene rings is 2. The first-order valence-electron chi connectivity index (χ1n) is 8.67. The van der Waals surface area contributed by atoms with Crippen LogP contribution in [0.2, 0.25) is 0 Å². The fourth-order valence-corrected chi connectivity index (χ4v) is 2.89. The predicted molar refractivity (Wildman–Crippen MR) is 102 cm³/mol. The molecule has 0 radical (unpaired) electrons. The number of ether oxygens (including phenoxy) is 1. The third kappa shape index (κ3) is 3.52. The topological polar surface area (TPSA) is 55.7 Å². The summed E-state index contributed by atoms with van der Waals surface area (Å²) in [5.74, 6) is 2.30. The number of rotatable bonds is 6. The molecule has 5 heteroatoms. The quantitative estimate of drug-likeness (QED) is 0.564. The second-order valence-corrected chi connectivity index (χ2v) is 6.02. The average molecular weight is 344 g/mol. The number of hydrogen-bond donors (Lipinski definition) is 1. The smallest absolute Gasteiger partial charge is 0.181 e. The zero-order chi connectivity index (χ0) is 17.8. The van der Waals surface area contributed by atoms with Gasteiger partial charge >= 0.3 is 0 Å². The van der Waals surface area contributed by atoms with E-state index < -0.39 is 0 Å². The van der Waals surface area contributed by atoms with E-state index in [1.165, 1.54) is 5.56 Å². The molecule has 26 heavy (non-hydrogen) atoms. The summed E-state index contributed by atoms with van der Waals surface area (Å²) in [6.07, 6.45) is 4.12. The molecule has 2 heterocycles. The molecule has 0 atom stereocenters. The van der Waals surface area contributed by atoms with Crippen LogP contribution in [0.25, 0.3) is 22.8 Å². The molecule has 0 aliphatic rings. The van der Waals surface area contributed by atoms with Gasteiger partial charge in [0.05, 0.1) is 6.61 Å². The van der Waals surface area contributed by atoms with Crippen LogP contribution in [0.15, 0.2) is 73.1 Å². The maximum atomic E-state index is 5.48. The number of nitrogens with one attached hydrogen (secondary N) is 1. The highest BCUT2D eigenvalue weighted by atomic mass is 16.5. The SMILES string of the molecule is CCOc1ccc(-c2nc(-c3cccc(Cn4cccc4)c3)n[nH]2)cc1. The van der Waals surface area contributed by atoms with E-state index in [4.69, 9.17) is 4.74 Å². The van der Waals surface area contributed by atoms with Gasteiger partial charge in [-0.25, -0.2) is 4.98 Å². The summed E-state index contributed by atoms with van der Waals surface area (Å²) in [5.41, 5.74) is 3.20. The van der Waals surface area contributed by atoms with Crippen molar-refractivity contribution in [2.45, 2.75) is 13.5 Å². The minimum Gasteiger partial charge on any atom is -0.494 e. The maximum Gasteiger partial charge on any atom is 0.181 e. The monoisotopic (exact) mass is 344 g/mol. The largest absolute Gasteiger partial charge is 0.494 e. The summed E-state index contributed by atoms with van der Waals surface area (Å²) in [6, 6.07) is 20.2. The summed E-state index contributed by atoms with van der Waals surface area (Å²) < 4.78 is 7.62. The van der Waals surface area contributed by atoms with Crippen LogP contribution < -0.4 is 4.74 Å². The lowest BCUT2D eigenvalue weighted by molar-refractivity contribution is 0.340. The first kappa shape index (κ1) is 16.1. The van der Waals surface area contributed by atoms with E-state index in [9.17, 15) is 0 Å². The van der Waals surface area contributed by atoms with Gasteiger partial charge < -0.3 is 9.30 Å². The molecular weight excluding hydrogens is 324 g/mol. The Balaban J connectivity index is 1.56. The second-order valence-electron chi connectivity index (χ2n) is 6.02. The van der Waals surface area contributed by atoms with Crippen molar-refractivity contribution < 1.29 is 4.74 Å². The van der Waals surface area contributed by atoms with E-state index in [0.717, 1.165) is 29.2 Å². The lowest BCUT2D eigenvalue weighted by Gasteiger charge is -2.04. The number of nitrogens with zero attached hydrogens (tertiary/aromatic N) is 3. The van der Waals surface area contributed by atoms with Gasteiger partial charge in [-0.05, 0) is 55.0 Å². The van der Waals surface area contributed by atoms with E-state index >= 15 is 0 Å². The van der Waals surface area contributed by atoms with Gasteiger partial charge in [0, 0.05) is 30.1 Å². The summed E-state index contributed by atoms with van der Waals surface area (Å²) in [6.45, 7) is 3.46. The molecule has 0 unspecified atom stereocenters. The van der Waals surface area contributed by atoms with Crippen molar-refractivity contribution in [1.29, 1.82) is 0 Å². The minimum absolute atomic E-state index is 0.658. The van der Waals surface area contributed by atoms with Crippen LogP contribution in [-0.4, -0.2) is 26.4 Å². The summed E-state index contributed by atoms with van der Waals surface area (Å²) >= 11 is 0. The number of hydrogen-bond acceptors (Lipinski definition) is 3. The van der Waals surface area contributed by atoms with E-state index in [1.807, 2.05) is 55.5 Å². The molecule has 0 amide bonds. The van der Waals surface area contributed by atoms with Crippen molar-refractivity contribution in [3.05, 3.63) is 78.6 Å². The standard InChI is InChI=1S/C21H20N4O/c1-2-26-19-10-8-17(9-11-19)20-22-21(24-23-20)18-7-5-6-16(14-18)15-25-12-3-4-13-25/h3-14H,2,15H2,1H3,(H,22,23,24). The first-order chi connectivity index (χ1) is 12.8. The van der Waals surface area contributed by atoms with Crippen LogP contribution in [0.4, 0.5) is 0 Å². The van der Waals surface area contributed by atoms with Crippen molar-refractivity contribution in [1.82, 2.24) is 19.7 Å². The van der Waals surface area contributed by atoms with Crippen molar-refractivity contribution in [3.63, 3.8) is 0 Å². The van der Waals surface area contributed by atoms with E-state index in [1.54, 1.807) is 0 Å². The Labute approximate surface area is 152 Å². The van der Waals surface area contributed by atoms with Gasteiger partial charge in [-0.1, -0.05) is 18.2 Å². The predicted octanol–water partition coefficient (Wildman–Crippen LogP) is 4.39. The van der Waals surface area contributed by atoms with Crippen molar-refractivity contribution in [2.24, 2.45) is 0 Å². The molecule has 0 saturated heterocycles. The Morgan fingerprint density at radius 1 is 0.962 bits per heavy atom. The van der Waals surface area contributed by atoms with E-state index in [2.05, 4.69) is 44.3 Å². The van der Waals surface area contributed by atoms with E-state index in [-0.39, 0.29) is 0 Å². The third-order valence-electron chi connectivity index (χ3n) is 4.14. The molecule has 2 aromatic heterocycles. The van der Waals surface area contributed by atoms with Crippen LogP contribution in [0.5, 0.6) is 5.75 Å². The summed E-state index contributed by atoms with van der Waals surface area (Å²) in [5, 5.41) is 7.42. The molecule has 2 aromatic carbocycles. The zero-order valence-corrected chi connectivity index (χ0v) is 14.6. The number of aromatic amines is 1. The van der Waals surface area contributed by atoms with Gasteiger partial charge in [-0.15, -0.1) is 0 Å². The van der Waals surface area contributed by atoms with E-state index in [0.29, 0.717) is 12.4 Å². The van der Waals surface area contributed by atoms with Gasteiger partial charge in [0.15, 0.2) is 11.6 Å². The molecule has 1 N–H and O–H groups in total. The molecular formula is C21H20N4O. The Morgan fingerprint density at radius 3 is 2.54 bits per heavy atom. The third-order valence-corrected chi connectivity index (χ3v) is 4.14. The Bertz CT molecular complexity index is 971. The minimum atomic E-state index is 0.658. The lowest BCUT2D eigenvalue weighted by Crippen LogP contribution is -1.96. The summed E-state index contributed by atoms with van der Waals surface area (Å²) in [7, 11) is 0. The van der Waals surface area contributed by atoms with Crippen LogP contribution in [0, 0.1) is 0 Å². The lowest BCUT2D eigenvalue weighted by atomic mass is 10.1. The van der Waals surface area contributed by atoms with Gasteiger partial charge in [-0.2, -0.15) is 5.10 Å². The highest BCUT2D eigenvalue weighted by Crippen LogP contribution is 2.23. The average Bonchev–Trinajstić information content (AvgIpc) is 3.35. The van der Waals surface area contributed by atoms with Crippen molar-refractivity contribution >= 4 is 0 Å². The molecule has 4 aromatic rings. The molecule has 4 rings (SSSR count). The number of H-pyrrole nitrogens is 1. The van der Waals surface area contributed by atoms with Crippen LogP contribution in [-0.2, 0) is 6.54 Å². The van der Waals surface area contributed by atoms with Gasteiger partial charge in [-0.3, -0.25) is 5.10 Å². The molecule has 0 spiro atoms. The van der Waals surface area contributed by atoms with Crippen molar-refractivity contribution in [3.8, 4) is 28.5 Å². The summed E-state index contributed by atoms with van der Waals surface area (Å²) in [4.78, 5) is 4.65. The molecule has 0 saturated carbocycles. The Hall–Kier alpha value is -3.34. The molecule has 0 fully saturated rings. The first-order valence-corrected chi connectivity index (χ1v) is 8.67. The maximum absolute atomic E-state index is 5.48. The number of aromatic nitrogens is 4. The highest BCUT2D eigenvalue weighted by molar-refractivity contribution is 5.62. The van der Waals surface area contributed by atoms with Gasteiger partial charge in [0.25, 0.3) is 0 Å². The molecule has 0 aliphatic heterocycles. The second kappa shape index (κ2) is 7.27. The fraction of sp³-hybridized carbons (Fsp3) is 0.143. The van der Waals surface area contributed by atoms with Crippen molar-refractivity contribution in [2.75, 3.05) is 6.61 Å². The Kier molecular flexibility index (Phi) is 4.51. The fourth-order valence-electron chi connectivity index (χ4n) is 2.89. The molecule has 5 nitrogen and oxygen atoms in total. The van der Waals surface area contributed by atoms with Gasteiger partial charge in [0.2, 0.25) is 0 Å². The zero-order valence-electron chi connectivity index (χ0n) is 14.6. The molecule has 130 valence electrons. The molecule has 0 bridgehead atoms. The van der Waals surface area contributed by atoms with Crippen LogP contribution >= 0.6 is 0 Å². The van der Waals surface area contributed by atoms with Gasteiger partial charge in [0.1, 0.15) is 5.75 Å².